The van der Waals surface area contributed by atoms with Gasteiger partial charge in [0.05, 0.1) is 0 Å². The smallest absolute Gasteiger partial charge is 0.341 e. The molecule has 2 N–H and O–H groups in total. The van der Waals surface area contributed by atoms with Crippen LogP contribution in [0.5, 0.6) is 0 Å². The lowest BCUT2D eigenvalue weighted by Gasteiger charge is -2.17. The normalized spacial score (nSPS) is 22.0. The van der Waals surface area contributed by atoms with Crippen molar-refractivity contribution < 1.29 is 18.0 Å². The molecule has 1 saturated heterocycles. The van der Waals surface area contributed by atoms with Crippen molar-refractivity contribution in [1.29, 1.82) is 0 Å². The second-order valence-corrected chi connectivity index (χ2v) is 5.10. The van der Waals surface area contributed by atoms with Gasteiger partial charge in [-0.05, 0) is 18.0 Å². The third-order valence-corrected chi connectivity index (χ3v) is 3.68. The number of carbonyl (C=O) groups excluding carboxylic acids is 1. The minimum Gasteiger partial charge on any atom is -0.341 e. The van der Waals surface area contributed by atoms with E-state index in [1.54, 1.807) is 0 Å². The van der Waals surface area contributed by atoms with Crippen LogP contribution in [0.25, 0.3) is 0 Å². The highest BCUT2D eigenvalue weighted by atomic mass is 35.5. The Bertz CT molecular complexity index is 467. The summed E-state index contributed by atoms with van der Waals surface area (Å²) >= 11 is 0. The molecule has 21 heavy (non-hydrogen) atoms. The van der Waals surface area contributed by atoms with E-state index in [1.807, 2.05) is 30.3 Å². The summed E-state index contributed by atoms with van der Waals surface area (Å²) in [6.45, 7) is 0.959. The van der Waals surface area contributed by atoms with Crippen molar-refractivity contribution in [2.24, 2.45) is 11.7 Å². The Hall–Kier alpha value is -1.27. The van der Waals surface area contributed by atoms with Crippen LogP contribution in [0.1, 0.15) is 17.9 Å². The first-order valence-electron chi connectivity index (χ1n) is 6.50. The molecule has 1 fully saturated rings. The molecule has 2 rings (SSSR count). The molecule has 1 aliphatic heterocycles. The average molecular weight is 323 g/mol. The number of likely N-dealkylation sites (tertiary alicyclic amines) is 1. The molecule has 1 heterocycles. The first-order chi connectivity index (χ1) is 9.40. The maximum absolute atomic E-state index is 12.3. The summed E-state index contributed by atoms with van der Waals surface area (Å²) < 4.78 is 36.9. The molecule has 0 saturated carbocycles. The molecule has 1 aromatic carbocycles. The molecule has 7 heteroatoms. The maximum Gasteiger partial charge on any atom is 0.397 e. The zero-order valence-electron chi connectivity index (χ0n) is 11.3. The Balaban J connectivity index is 0.00000220. The predicted octanol–water partition coefficient (Wildman–Crippen LogP) is 2.56. The molecule has 0 aliphatic carbocycles. The van der Waals surface area contributed by atoms with Crippen molar-refractivity contribution in [3.8, 4) is 0 Å². The molecular formula is C14H18ClF3N2O. The van der Waals surface area contributed by atoms with Gasteiger partial charge in [-0.25, -0.2) is 0 Å². The van der Waals surface area contributed by atoms with E-state index in [4.69, 9.17) is 5.73 Å². The van der Waals surface area contributed by atoms with Gasteiger partial charge in [0.15, 0.2) is 0 Å². The molecular weight excluding hydrogens is 305 g/mol. The van der Waals surface area contributed by atoms with Crippen molar-refractivity contribution in [3.05, 3.63) is 35.9 Å². The first kappa shape index (κ1) is 17.8. The number of benzene rings is 1. The molecule has 1 aliphatic rings. The summed E-state index contributed by atoms with van der Waals surface area (Å²) in [4.78, 5) is 12.9. The van der Waals surface area contributed by atoms with Gasteiger partial charge in [-0.3, -0.25) is 4.79 Å². The SMILES string of the molecule is Cl.NC[C@@H]1CN(C(=O)CC(F)(F)F)C[C@H]1c1ccccc1. The summed E-state index contributed by atoms with van der Waals surface area (Å²) in [6.07, 6.45) is -5.86. The number of nitrogens with zero attached hydrogens (tertiary/aromatic N) is 1. The Morgan fingerprint density at radius 1 is 1.24 bits per heavy atom. The van der Waals surface area contributed by atoms with E-state index in [-0.39, 0.29) is 24.2 Å². The number of nitrogens with two attached hydrogens (primary N) is 1. The Kier molecular flexibility index (Phi) is 6.04. The highest BCUT2D eigenvalue weighted by molar-refractivity contribution is 5.85. The average Bonchev–Trinajstić information content (AvgIpc) is 2.82. The molecule has 0 unspecified atom stereocenters. The van der Waals surface area contributed by atoms with Crippen molar-refractivity contribution in [3.63, 3.8) is 0 Å². The van der Waals surface area contributed by atoms with E-state index >= 15 is 0 Å². The highest BCUT2D eigenvalue weighted by Crippen LogP contribution is 2.33. The van der Waals surface area contributed by atoms with Crippen LogP contribution in [0.15, 0.2) is 30.3 Å². The number of rotatable bonds is 3. The molecule has 1 amide bonds. The molecule has 2 atom stereocenters. The van der Waals surface area contributed by atoms with Crippen LogP contribution >= 0.6 is 12.4 Å². The summed E-state index contributed by atoms with van der Waals surface area (Å²) in [5.74, 6) is -0.845. The van der Waals surface area contributed by atoms with E-state index in [0.717, 1.165) is 5.56 Å². The molecule has 3 nitrogen and oxygen atoms in total. The van der Waals surface area contributed by atoms with Crippen molar-refractivity contribution in [1.82, 2.24) is 4.90 Å². The van der Waals surface area contributed by atoms with Crippen LogP contribution in [-0.4, -0.2) is 36.6 Å². The quantitative estimate of drug-likeness (QED) is 0.929. The minimum absolute atomic E-state index is 0. The molecule has 0 radical (unpaired) electrons. The van der Waals surface area contributed by atoms with Crippen LogP contribution in [0, 0.1) is 5.92 Å². The summed E-state index contributed by atoms with van der Waals surface area (Å²) in [5.41, 5.74) is 6.71. The van der Waals surface area contributed by atoms with Gasteiger partial charge in [-0.15, -0.1) is 12.4 Å². The van der Waals surface area contributed by atoms with Gasteiger partial charge in [-0.2, -0.15) is 13.2 Å². The maximum atomic E-state index is 12.3. The van der Waals surface area contributed by atoms with Gasteiger partial charge in [0.25, 0.3) is 0 Å². The number of alkyl halides is 3. The third-order valence-electron chi connectivity index (χ3n) is 3.68. The highest BCUT2D eigenvalue weighted by Gasteiger charge is 2.39. The lowest BCUT2D eigenvalue weighted by atomic mass is 9.89. The second-order valence-electron chi connectivity index (χ2n) is 5.10. The largest absolute Gasteiger partial charge is 0.397 e. The van der Waals surface area contributed by atoms with E-state index in [9.17, 15) is 18.0 Å². The van der Waals surface area contributed by atoms with Gasteiger partial charge < -0.3 is 10.6 Å². The van der Waals surface area contributed by atoms with Crippen LogP contribution in [-0.2, 0) is 4.79 Å². The van der Waals surface area contributed by atoms with Crippen LogP contribution in [0.2, 0.25) is 0 Å². The zero-order chi connectivity index (χ0) is 14.8. The molecule has 0 aromatic heterocycles. The van der Waals surface area contributed by atoms with E-state index < -0.39 is 18.5 Å². The second kappa shape index (κ2) is 7.13. The Morgan fingerprint density at radius 2 is 1.86 bits per heavy atom. The molecule has 1 aromatic rings. The fourth-order valence-electron chi connectivity index (χ4n) is 2.67. The van der Waals surface area contributed by atoms with E-state index in [1.165, 1.54) is 4.90 Å². The standard InChI is InChI=1S/C14H17F3N2O.ClH/c15-14(16,17)6-13(20)19-8-11(7-18)12(9-19)10-4-2-1-3-5-10;/h1-5,11-12H,6-9,18H2;1H/t11-,12+;/m1./s1. The topological polar surface area (TPSA) is 46.3 Å². The number of hydrogen-bond acceptors (Lipinski definition) is 2. The number of amides is 1. The number of hydrogen-bond donors (Lipinski definition) is 1. The van der Waals surface area contributed by atoms with Crippen LogP contribution in [0.3, 0.4) is 0 Å². The fraction of sp³-hybridized carbons (Fsp3) is 0.500. The van der Waals surface area contributed by atoms with Gasteiger partial charge in [0.1, 0.15) is 6.42 Å². The van der Waals surface area contributed by atoms with Crippen LogP contribution < -0.4 is 5.73 Å². The van der Waals surface area contributed by atoms with E-state index in [0.29, 0.717) is 19.6 Å². The lowest BCUT2D eigenvalue weighted by molar-refractivity contribution is -0.160. The molecule has 0 bridgehead atoms. The third kappa shape index (κ3) is 4.61. The monoisotopic (exact) mass is 322 g/mol. The number of halogens is 4. The van der Waals surface area contributed by atoms with Gasteiger partial charge >= 0.3 is 6.18 Å². The van der Waals surface area contributed by atoms with Crippen molar-refractivity contribution in [2.75, 3.05) is 19.6 Å². The predicted molar refractivity (Wildman–Crippen MR) is 76.2 cm³/mol. The first-order valence-corrected chi connectivity index (χ1v) is 6.50. The minimum atomic E-state index is -4.46. The zero-order valence-corrected chi connectivity index (χ0v) is 12.2. The summed E-state index contributed by atoms with van der Waals surface area (Å²) in [6, 6.07) is 9.48. The molecule has 0 spiro atoms. The van der Waals surface area contributed by atoms with Gasteiger partial charge in [0.2, 0.25) is 5.91 Å². The Morgan fingerprint density at radius 3 is 2.38 bits per heavy atom. The van der Waals surface area contributed by atoms with E-state index in [2.05, 4.69) is 0 Å². The van der Waals surface area contributed by atoms with Gasteiger partial charge in [0, 0.05) is 19.0 Å². The lowest BCUT2D eigenvalue weighted by Crippen LogP contribution is -2.33. The summed E-state index contributed by atoms with van der Waals surface area (Å²) in [5, 5.41) is 0. The van der Waals surface area contributed by atoms with Crippen LogP contribution in [0.4, 0.5) is 13.2 Å². The summed E-state index contributed by atoms with van der Waals surface area (Å²) in [7, 11) is 0. The van der Waals surface area contributed by atoms with Crippen molar-refractivity contribution in [2.45, 2.75) is 18.5 Å². The molecule has 118 valence electrons. The van der Waals surface area contributed by atoms with Crippen molar-refractivity contribution >= 4 is 18.3 Å². The number of carbonyl (C=O) groups is 1. The van der Waals surface area contributed by atoms with Gasteiger partial charge in [-0.1, -0.05) is 30.3 Å². The fourth-order valence-corrected chi connectivity index (χ4v) is 2.67. The Labute approximate surface area is 127 Å².